The average molecular weight is 292 g/mol. The Morgan fingerprint density at radius 1 is 1.24 bits per heavy atom. The van der Waals surface area contributed by atoms with Crippen LogP contribution in [0.5, 0.6) is 5.75 Å². The fourth-order valence-corrected chi connectivity index (χ4v) is 2.63. The van der Waals surface area contributed by atoms with Crippen LogP contribution in [0.4, 0.5) is 10.5 Å². The Hall–Kier alpha value is -1.75. The van der Waals surface area contributed by atoms with Gasteiger partial charge >= 0.3 is 6.03 Å². The van der Waals surface area contributed by atoms with Crippen molar-refractivity contribution >= 4 is 11.7 Å². The molecule has 0 radical (unpaired) electrons. The van der Waals surface area contributed by atoms with E-state index in [1.165, 1.54) is 13.0 Å². The third-order valence-electron chi connectivity index (χ3n) is 3.78. The van der Waals surface area contributed by atoms with E-state index in [0.717, 1.165) is 37.6 Å². The summed E-state index contributed by atoms with van der Waals surface area (Å²) in [6.07, 6.45) is 1.20. The van der Waals surface area contributed by atoms with Crippen LogP contribution in [-0.2, 0) is 0 Å². The molecule has 1 fully saturated rings. The van der Waals surface area contributed by atoms with E-state index in [4.69, 9.17) is 4.74 Å². The van der Waals surface area contributed by atoms with Crippen LogP contribution >= 0.6 is 0 Å². The molecule has 116 valence electrons. The Balaban J connectivity index is 1.81. The number of amides is 2. The second-order valence-corrected chi connectivity index (χ2v) is 5.37. The number of carbonyl (C=O) groups is 1. The van der Waals surface area contributed by atoms with Crippen molar-refractivity contribution in [3.63, 3.8) is 0 Å². The molecule has 0 unspecified atom stereocenters. The van der Waals surface area contributed by atoms with E-state index >= 15 is 0 Å². The molecule has 0 spiro atoms. The van der Waals surface area contributed by atoms with E-state index in [0.29, 0.717) is 6.61 Å². The van der Waals surface area contributed by atoms with Crippen molar-refractivity contribution in [2.75, 3.05) is 44.6 Å². The number of anilines is 1. The van der Waals surface area contributed by atoms with Gasteiger partial charge in [-0.25, -0.2) is 4.79 Å². The summed E-state index contributed by atoms with van der Waals surface area (Å²) in [6, 6.07) is 7.50. The molecule has 2 rings (SSSR count). The topological polar surface area (TPSA) is 46.0 Å². The molecule has 0 saturated carbocycles. The van der Waals surface area contributed by atoms with Crippen LogP contribution in [0.3, 0.4) is 0 Å². The van der Waals surface area contributed by atoms with Gasteiger partial charge in [-0.3, -0.25) is 0 Å². The standard InChI is InChI=1S/C16H25N3O2/c1-3-9-18-10-12-19(13-11-18)16(20)17-14-5-7-15(8-6-14)21-4-2/h5-8H,3-4,9-13H2,1-2H3,(H,17,20)/p+1. The number of nitrogens with one attached hydrogen (secondary N) is 2. The maximum Gasteiger partial charge on any atom is 0.322 e. The van der Waals surface area contributed by atoms with Gasteiger partial charge in [0.15, 0.2) is 0 Å². The first kappa shape index (κ1) is 15.6. The molecular weight excluding hydrogens is 266 g/mol. The highest BCUT2D eigenvalue weighted by atomic mass is 16.5. The van der Waals surface area contributed by atoms with Crippen molar-refractivity contribution in [1.29, 1.82) is 0 Å². The maximum absolute atomic E-state index is 12.2. The van der Waals surface area contributed by atoms with E-state index in [9.17, 15) is 4.79 Å². The number of hydrogen-bond donors (Lipinski definition) is 2. The average Bonchev–Trinajstić information content (AvgIpc) is 2.50. The lowest BCUT2D eigenvalue weighted by molar-refractivity contribution is -0.904. The summed E-state index contributed by atoms with van der Waals surface area (Å²) in [5.41, 5.74) is 0.812. The summed E-state index contributed by atoms with van der Waals surface area (Å²) >= 11 is 0. The summed E-state index contributed by atoms with van der Waals surface area (Å²) in [5.74, 6) is 0.826. The van der Waals surface area contributed by atoms with Crippen LogP contribution in [0.2, 0.25) is 0 Å². The van der Waals surface area contributed by atoms with Gasteiger partial charge in [0.2, 0.25) is 0 Å². The van der Waals surface area contributed by atoms with Crippen LogP contribution in [0.15, 0.2) is 24.3 Å². The lowest BCUT2D eigenvalue weighted by atomic mass is 10.3. The molecule has 21 heavy (non-hydrogen) atoms. The number of urea groups is 1. The minimum Gasteiger partial charge on any atom is -0.494 e. The number of quaternary nitrogens is 1. The van der Waals surface area contributed by atoms with Crippen LogP contribution in [0, 0.1) is 0 Å². The Morgan fingerprint density at radius 3 is 2.48 bits per heavy atom. The van der Waals surface area contributed by atoms with Crippen molar-refractivity contribution in [2.24, 2.45) is 0 Å². The molecule has 0 atom stereocenters. The largest absolute Gasteiger partial charge is 0.494 e. The van der Waals surface area contributed by atoms with Crippen molar-refractivity contribution in [1.82, 2.24) is 4.90 Å². The van der Waals surface area contributed by atoms with Gasteiger partial charge in [0.05, 0.1) is 39.3 Å². The molecule has 1 aromatic carbocycles. The third kappa shape index (κ3) is 4.63. The molecule has 1 saturated heterocycles. The number of piperazine rings is 1. The normalized spacial score (nSPS) is 15.8. The van der Waals surface area contributed by atoms with Crippen LogP contribution in [-0.4, -0.2) is 50.3 Å². The predicted octanol–water partition coefficient (Wildman–Crippen LogP) is 1.23. The molecule has 0 aromatic heterocycles. The third-order valence-corrected chi connectivity index (χ3v) is 3.78. The summed E-state index contributed by atoms with van der Waals surface area (Å²) in [7, 11) is 0. The molecule has 2 N–H and O–H groups in total. The van der Waals surface area contributed by atoms with Crippen molar-refractivity contribution in [2.45, 2.75) is 20.3 Å². The van der Waals surface area contributed by atoms with Gasteiger partial charge in [-0.15, -0.1) is 0 Å². The molecule has 0 bridgehead atoms. The fraction of sp³-hybridized carbons (Fsp3) is 0.562. The lowest BCUT2D eigenvalue weighted by Gasteiger charge is -2.32. The highest BCUT2D eigenvalue weighted by Crippen LogP contribution is 2.16. The van der Waals surface area contributed by atoms with Crippen molar-refractivity contribution in [3.8, 4) is 5.75 Å². The van der Waals surface area contributed by atoms with Gasteiger partial charge < -0.3 is 19.9 Å². The van der Waals surface area contributed by atoms with Gasteiger partial charge in [0.25, 0.3) is 0 Å². The molecule has 1 heterocycles. The first-order valence-electron chi connectivity index (χ1n) is 7.85. The van der Waals surface area contributed by atoms with Crippen LogP contribution in [0.25, 0.3) is 0 Å². The first-order chi connectivity index (χ1) is 10.2. The Bertz CT molecular complexity index is 439. The molecule has 0 aliphatic carbocycles. The van der Waals surface area contributed by atoms with E-state index < -0.39 is 0 Å². The van der Waals surface area contributed by atoms with Gasteiger partial charge in [0.1, 0.15) is 5.75 Å². The van der Waals surface area contributed by atoms with Crippen LogP contribution in [0.1, 0.15) is 20.3 Å². The lowest BCUT2D eigenvalue weighted by Crippen LogP contribution is -3.14. The Morgan fingerprint density at radius 2 is 1.90 bits per heavy atom. The number of ether oxygens (including phenoxy) is 1. The van der Waals surface area contributed by atoms with E-state index in [2.05, 4.69) is 12.2 Å². The predicted molar refractivity (Wildman–Crippen MR) is 84.1 cm³/mol. The summed E-state index contributed by atoms with van der Waals surface area (Å²) < 4.78 is 5.39. The molecule has 1 aliphatic heterocycles. The van der Waals surface area contributed by atoms with Gasteiger partial charge in [-0.05, 0) is 37.6 Å². The highest BCUT2D eigenvalue weighted by molar-refractivity contribution is 5.89. The second-order valence-electron chi connectivity index (χ2n) is 5.37. The Labute approximate surface area is 126 Å². The molecular formula is C16H26N3O2+. The summed E-state index contributed by atoms with van der Waals surface area (Å²) in [5, 5.41) is 2.95. The zero-order valence-corrected chi connectivity index (χ0v) is 13.0. The summed E-state index contributed by atoms with van der Waals surface area (Å²) in [4.78, 5) is 15.7. The molecule has 2 amide bonds. The quantitative estimate of drug-likeness (QED) is 0.857. The molecule has 1 aromatic rings. The minimum atomic E-state index is -0.00490. The zero-order chi connectivity index (χ0) is 15.1. The number of carbonyl (C=O) groups excluding carboxylic acids is 1. The van der Waals surface area contributed by atoms with Gasteiger partial charge in [-0.1, -0.05) is 6.92 Å². The monoisotopic (exact) mass is 292 g/mol. The SMILES string of the molecule is CCC[NH+]1CCN(C(=O)Nc2ccc(OCC)cc2)CC1. The van der Waals surface area contributed by atoms with Crippen molar-refractivity contribution in [3.05, 3.63) is 24.3 Å². The second kappa shape index (κ2) is 7.88. The summed E-state index contributed by atoms with van der Waals surface area (Å²) in [6.45, 7) is 9.77. The Kier molecular flexibility index (Phi) is 5.87. The zero-order valence-electron chi connectivity index (χ0n) is 13.0. The van der Waals surface area contributed by atoms with Crippen LogP contribution < -0.4 is 15.0 Å². The number of rotatable bonds is 5. The van der Waals surface area contributed by atoms with E-state index in [-0.39, 0.29) is 6.03 Å². The minimum absolute atomic E-state index is 0.00490. The first-order valence-corrected chi connectivity index (χ1v) is 7.85. The van der Waals surface area contributed by atoms with Gasteiger partial charge in [0, 0.05) is 5.69 Å². The van der Waals surface area contributed by atoms with Crippen molar-refractivity contribution < 1.29 is 14.4 Å². The van der Waals surface area contributed by atoms with E-state index in [1.807, 2.05) is 36.1 Å². The van der Waals surface area contributed by atoms with E-state index in [1.54, 1.807) is 4.90 Å². The smallest absolute Gasteiger partial charge is 0.322 e. The molecule has 5 nitrogen and oxygen atoms in total. The molecule has 5 heteroatoms. The highest BCUT2D eigenvalue weighted by Gasteiger charge is 2.22. The number of nitrogens with zero attached hydrogens (tertiary/aromatic N) is 1. The molecule has 1 aliphatic rings. The van der Waals surface area contributed by atoms with Gasteiger partial charge in [-0.2, -0.15) is 0 Å². The fourth-order valence-electron chi connectivity index (χ4n) is 2.63. The number of hydrogen-bond acceptors (Lipinski definition) is 2. The number of benzene rings is 1. The maximum atomic E-state index is 12.2.